The van der Waals surface area contributed by atoms with Gasteiger partial charge in [0.15, 0.2) is 0 Å². The van der Waals surface area contributed by atoms with Crippen LogP contribution in [-0.4, -0.2) is 4.83 Å². The van der Waals surface area contributed by atoms with Crippen LogP contribution >= 0.6 is 15.9 Å². The first-order valence-electron chi connectivity index (χ1n) is 9.51. The maximum atomic E-state index is 3.89. The minimum atomic E-state index is 0.824. The summed E-state index contributed by atoms with van der Waals surface area (Å²) in [7, 11) is 0. The Morgan fingerprint density at radius 1 is 0.762 bits per heavy atom. The maximum absolute atomic E-state index is 3.89. The van der Waals surface area contributed by atoms with Crippen LogP contribution in [0.2, 0.25) is 0 Å². The predicted octanol–water partition coefficient (Wildman–Crippen LogP) is 6.74. The molecule has 3 saturated carbocycles. The van der Waals surface area contributed by atoms with E-state index in [1.165, 1.54) is 51.4 Å². The van der Waals surface area contributed by atoms with Crippen molar-refractivity contribution in [3.8, 4) is 0 Å². The molecule has 0 heterocycles. The Kier molecular flexibility index (Phi) is 5.87. The van der Waals surface area contributed by atoms with E-state index >= 15 is 0 Å². The van der Waals surface area contributed by atoms with Gasteiger partial charge in [-0.3, -0.25) is 0 Å². The Balaban J connectivity index is 1.47. The van der Waals surface area contributed by atoms with Crippen molar-refractivity contribution in [1.82, 2.24) is 0 Å². The van der Waals surface area contributed by atoms with Crippen LogP contribution in [0.5, 0.6) is 0 Å². The third-order valence-corrected chi connectivity index (χ3v) is 7.82. The lowest BCUT2D eigenvalue weighted by atomic mass is 9.61. The quantitative estimate of drug-likeness (QED) is 0.388. The molecule has 0 aliphatic heterocycles. The van der Waals surface area contributed by atoms with E-state index in [0.29, 0.717) is 0 Å². The van der Waals surface area contributed by atoms with E-state index < -0.39 is 0 Å². The molecule has 0 N–H and O–H groups in total. The number of fused-ring (bicyclic) bond motifs is 1. The Morgan fingerprint density at radius 2 is 1.33 bits per heavy atom. The van der Waals surface area contributed by atoms with Crippen LogP contribution in [0.15, 0.2) is 12.7 Å². The SMILES string of the molecule is C=CCCC1CCC2CC(C3CCC(Br)CC3)CCC2C1. The molecule has 0 saturated heterocycles. The molecule has 0 aromatic rings. The molecular weight excluding hydrogens is 320 g/mol. The van der Waals surface area contributed by atoms with Crippen LogP contribution in [0.4, 0.5) is 0 Å². The molecule has 0 spiro atoms. The number of rotatable bonds is 4. The molecule has 4 unspecified atom stereocenters. The molecule has 0 aromatic heterocycles. The van der Waals surface area contributed by atoms with E-state index in [9.17, 15) is 0 Å². The second-order valence-corrected chi connectivity index (χ2v) is 9.45. The van der Waals surface area contributed by atoms with E-state index in [-0.39, 0.29) is 0 Å². The van der Waals surface area contributed by atoms with Gasteiger partial charge in [-0.05, 0) is 100 Å². The molecular formula is C20H33Br. The summed E-state index contributed by atoms with van der Waals surface area (Å²) in [4.78, 5) is 0.824. The monoisotopic (exact) mass is 352 g/mol. The lowest BCUT2D eigenvalue weighted by molar-refractivity contribution is 0.0645. The van der Waals surface area contributed by atoms with Gasteiger partial charge in [-0.25, -0.2) is 0 Å². The molecule has 0 aromatic carbocycles. The zero-order valence-corrected chi connectivity index (χ0v) is 15.2. The third-order valence-electron chi connectivity index (χ3n) is 6.91. The number of allylic oxidation sites excluding steroid dienone is 1. The number of halogens is 1. The summed E-state index contributed by atoms with van der Waals surface area (Å²) in [5.74, 6) is 5.33. The smallest absolute Gasteiger partial charge is 0.0146 e. The summed E-state index contributed by atoms with van der Waals surface area (Å²) < 4.78 is 0. The first kappa shape index (κ1) is 16.1. The maximum Gasteiger partial charge on any atom is 0.0146 e. The molecule has 0 radical (unpaired) electrons. The Morgan fingerprint density at radius 3 is 2.05 bits per heavy atom. The highest BCUT2D eigenvalue weighted by Crippen LogP contribution is 2.49. The summed E-state index contributed by atoms with van der Waals surface area (Å²) in [5, 5.41) is 0. The number of hydrogen-bond donors (Lipinski definition) is 0. The van der Waals surface area contributed by atoms with Gasteiger partial charge in [0.25, 0.3) is 0 Å². The first-order valence-corrected chi connectivity index (χ1v) is 10.4. The second kappa shape index (κ2) is 7.66. The molecule has 21 heavy (non-hydrogen) atoms. The van der Waals surface area contributed by atoms with Crippen LogP contribution < -0.4 is 0 Å². The highest BCUT2D eigenvalue weighted by molar-refractivity contribution is 9.09. The molecule has 0 bridgehead atoms. The fraction of sp³-hybridized carbons (Fsp3) is 0.900. The summed E-state index contributed by atoms with van der Waals surface area (Å²) in [5.41, 5.74) is 0. The van der Waals surface area contributed by atoms with Crippen LogP contribution in [0, 0.1) is 29.6 Å². The fourth-order valence-electron chi connectivity index (χ4n) is 5.62. The summed E-state index contributed by atoms with van der Waals surface area (Å²) in [6.07, 6.45) is 19.9. The molecule has 3 fully saturated rings. The standard InChI is InChI=1S/C20H33Br/c1-2-3-4-15-5-6-19-14-18(8-7-17(19)13-15)16-9-11-20(21)12-10-16/h2,15-20H,1,3-14H2. The van der Waals surface area contributed by atoms with Gasteiger partial charge < -0.3 is 0 Å². The van der Waals surface area contributed by atoms with E-state index in [0.717, 1.165) is 34.4 Å². The minimum Gasteiger partial charge on any atom is -0.103 e. The normalized spacial score (nSPS) is 44.0. The average molecular weight is 353 g/mol. The summed E-state index contributed by atoms with van der Waals surface area (Å²) >= 11 is 3.82. The van der Waals surface area contributed by atoms with Crippen molar-refractivity contribution >= 4 is 15.9 Å². The van der Waals surface area contributed by atoms with Gasteiger partial charge in [-0.2, -0.15) is 0 Å². The Labute approximate surface area is 140 Å². The largest absolute Gasteiger partial charge is 0.103 e. The van der Waals surface area contributed by atoms with E-state index in [2.05, 4.69) is 28.6 Å². The molecule has 3 rings (SSSR count). The van der Waals surface area contributed by atoms with Gasteiger partial charge in [0.2, 0.25) is 0 Å². The van der Waals surface area contributed by atoms with Gasteiger partial charge in [0.05, 0.1) is 0 Å². The number of alkyl halides is 1. The van der Waals surface area contributed by atoms with Crippen LogP contribution in [0.1, 0.15) is 77.0 Å². The van der Waals surface area contributed by atoms with Gasteiger partial charge >= 0.3 is 0 Å². The van der Waals surface area contributed by atoms with E-state index in [4.69, 9.17) is 0 Å². The molecule has 120 valence electrons. The summed E-state index contributed by atoms with van der Waals surface area (Å²) in [6, 6.07) is 0. The van der Waals surface area contributed by atoms with Gasteiger partial charge in [0.1, 0.15) is 0 Å². The van der Waals surface area contributed by atoms with Crippen molar-refractivity contribution in [2.75, 3.05) is 0 Å². The molecule has 3 aliphatic carbocycles. The lowest BCUT2D eigenvalue weighted by Crippen LogP contribution is -2.34. The fourth-order valence-corrected chi connectivity index (χ4v) is 6.15. The van der Waals surface area contributed by atoms with Crippen LogP contribution in [0.3, 0.4) is 0 Å². The van der Waals surface area contributed by atoms with Crippen LogP contribution in [0.25, 0.3) is 0 Å². The second-order valence-electron chi connectivity index (χ2n) is 8.15. The molecule has 4 atom stereocenters. The molecule has 1 heteroatoms. The van der Waals surface area contributed by atoms with E-state index in [1.54, 1.807) is 25.7 Å². The third kappa shape index (κ3) is 4.15. The van der Waals surface area contributed by atoms with Gasteiger partial charge in [-0.15, -0.1) is 6.58 Å². The Bertz CT molecular complexity index is 329. The summed E-state index contributed by atoms with van der Waals surface area (Å²) in [6.45, 7) is 3.89. The van der Waals surface area contributed by atoms with Crippen molar-refractivity contribution in [3.63, 3.8) is 0 Å². The van der Waals surface area contributed by atoms with Gasteiger partial charge in [-0.1, -0.05) is 28.4 Å². The van der Waals surface area contributed by atoms with Crippen molar-refractivity contribution in [2.45, 2.75) is 81.9 Å². The van der Waals surface area contributed by atoms with Crippen molar-refractivity contribution in [1.29, 1.82) is 0 Å². The highest BCUT2D eigenvalue weighted by Gasteiger charge is 2.38. The van der Waals surface area contributed by atoms with Crippen LogP contribution in [-0.2, 0) is 0 Å². The molecule has 0 amide bonds. The minimum absolute atomic E-state index is 0.824. The van der Waals surface area contributed by atoms with Crippen molar-refractivity contribution in [2.24, 2.45) is 29.6 Å². The van der Waals surface area contributed by atoms with Crippen molar-refractivity contribution < 1.29 is 0 Å². The average Bonchev–Trinajstić information content (AvgIpc) is 2.53. The molecule has 0 nitrogen and oxygen atoms in total. The zero-order chi connectivity index (χ0) is 14.7. The Hall–Kier alpha value is 0.220. The highest BCUT2D eigenvalue weighted by atomic mass is 79.9. The molecule has 3 aliphatic rings. The predicted molar refractivity (Wildman–Crippen MR) is 95.8 cm³/mol. The number of hydrogen-bond acceptors (Lipinski definition) is 0. The van der Waals surface area contributed by atoms with Crippen molar-refractivity contribution in [3.05, 3.63) is 12.7 Å². The van der Waals surface area contributed by atoms with Gasteiger partial charge in [0, 0.05) is 4.83 Å². The van der Waals surface area contributed by atoms with E-state index in [1.807, 2.05) is 0 Å². The topological polar surface area (TPSA) is 0 Å². The lowest BCUT2D eigenvalue weighted by Gasteiger charge is -2.45. The first-order chi connectivity index (χ1) is 10.3. The zero-order valence-electron chi connectivity index (χ0n) is 13.6.